The summed E-state index contributed by atoms with van der Waals surface area (Å²) in [6.07, 6.45) is 0. The van der Waals surface area contributed by atoms with Crippen molar-refractivity contribution in [2.24, 2.45) is 7.05 Å². The maximum atomic E-state index is 4.52. The van der Waals surface area contributed by atoms with Crippen LogP contribution in [0, 0.1) is 0 Å². The van der Waals surface area contributed by atoms with E-state index in [4.69, 9.17) is 0 Å². The monoisotopic (exact) mass is 246 g/mol. The van der Waals surface area contributed by atoms with Gasteiger partial charge in [-0.1, -0.05) is 47.6 Å². The molecule has 0 saturated heterocycles. The summed E-state index contributed by atoms with van der Waals surface area (Å²) in [5.41, 5.74) is 4.49. The van der Waals surface area contributed by atoms with Gasteiger partial charge in [0.25, 0.3) is 0 Å². The van der Waals surface area contributed by atoms with E-state index < -0.39 is 0 Å². The highest BCUT2D eigenvalue weighted by atomic mass is 15.5. The Balaban J connectivity index is 2.77. The second-order valence-corrected chi connectivity index (χ2v) is 6.95. The fraction of sp³-hybridized carbons (Fsp3) is 0.643. The minimum absolute atomic E-state index is 0.0536. The summed E-state index contributed by atoms with van der Waals surface area (Å²) < 4.78 is 0. The highest BCUT2D eigenvalue weighted by Gasteiger charge is 2.31. The minimum Gasteiger partial charge on any atom is -0.169 e. The molecule has 0 amide bonds. The molecule has 0 spiro atoms. The summed E-state index contributed by atoms with van der Waals surface area (Å²) in [5, 5.41) is 12.9. The van der Waals surface area contributed by atoms with Crippen LogP contribution in [0.3, 0.4) is 0 Å². The van der Waals surface area contributed by atoms with Crippen LogP contribution in [0.2, 0.25) is 0 Å². The molecule has 0 aromatic rings. The molecular weight excluding hydrogens is 224 g/mol. The first-order valence-corrected chi connectivity index (χ1v) is 6.32. The number of fused-ring (bicyclic) bond motifs is 1. The van der Waals surface area contributed by atoms with Gasteiger partial charge in [-0.3, -0.25) is 0 Å². The fourth-order valence-electron chi connectivity index (χ4n) is 2.16. The van der Waals surface area contributed by atoms with Gasteiger partial charge < -0.3 is 0 Å². The quantitative estimate of drug-likeness (QED) is 0.718. The molecule has 18 heavy (non-hydrogen) atoms. The Labute approximate surface area is 109 Å². The first-order valence-electron chi connectivity index (χ1n) is 6.32. The zero-order valence-corrected chi connectivity index (χ0v) is 12.4. The van der Waals surface area contributed by atoms with Crippen LogP contribution in [0.25, 0.3) is 11.4 Å². The summed E-state index contributed by atoms with van der Waals surface area (Å²) in [5.74, 6) is 0. The molecule has 0 aromatic carbocycles. The van der Waals surface area contributed by atoms with Gasteiger partial charge in [0.05, 0.1) is 7.05 Å². The molecule has 0 N–H and O–H groups in total. The second-order valence-electron chi connectivity index (χ2n) is 6.95. The minimum atomic E-state index is 0.0536. The number of rotatable bonds is 0. The molecule has 0 aromatic heterocycles. The zero-order valence-electron chi connectivity index (χ0n) is 12.4. The van der Waals surface area contributed by atoms with Crippen molar-refractivity contribution in [1.29, 1.82) is 0 Å². The molecule has 1 heterocycles. The van der Waals surface area contributed by atoms with Gasteiger partial charge >= 0.3 is 0 Å². The van der Waals surface area contributed by atoms with Crippen LogP contribution < -0.4 is 0 Å². The molecule has 0 radical (unpaired) electrons. The Morgan fingerprint density at radius 2 is 1.39 bits per heavy atom. The van der Waals surface area contributed by atoms with Crippen LogP contribution in [-0.2, 0) is 17.9 Å². The third-order valence-electron chi connectivity index (χ3n) is 3.16. The molecule has 4 heteroatoms. The SMILES string of the molecule is Cn1nnc2c(C(C)(C)C)cc(C(C)(C)C)c-2n1. The van der Waals surface area contributed by atoms with Gasteiger partial charge in [0.15, 0.2) is 0 Å². The number of aromatic nitrogens is 4. The Morgan fingerprint density at radius 1 is 0.889 bits per heavy atom. The molecule has 0 unspecified atom stereocenters. The predicted molar refractivity (Wildman–Crippen MR) is 72.8 cm³/mol. The van der Waals surface area contributed by atoms with Gasteiger partial charge in [0.1, 0.15) is 11.4 Å². The van der Waals surface area contributed by atoms with Crippen LogP contribution in [-0.4, -0.2) is 20.2 Å². The molecule has 0 atom stereocenters. The van der Waals surface area contributed by atoms with Crippen LogP contribution in [0.1, 0.15) is 52.7 Å². The van der Waals surface area contributed by atoms with E-state index in [0.29, 0.717) is 0 Å². The fourth-order valence-corrected chi connectivity index (χ4v) is 2.16. The molecule has 0 saturated carbocycles. The van der Waals surface area contributed by atoms with Crippen molar-refractivity contribution in [1.82, 2.24) is 20.2 Å². The summed E-state index contributed by atoms with van der Waals surface area (Å²) in [6.45, 7) is 13.2. The van der Waals surface area contributed by atoms with Gasteiger partial charge in [-0.25, -0.2) is 0 Å². The number of hydrogen-bond acceptors (Lipinski definition) is 3. The van der Waals surface area contributed by atoms with Crippen molar-refractivity contribution >= 4 is 0 Å². The largest absolute Gasteiger partial charge is 0.169 e. The molecule has 1 aliphatic carbocycles. The molecule has 98 valence electrons. The van der Waals surface area contributed by atoms with Gasteiger partial charge in [-0.05, 0) is 27.2 Å². The van der Waals surface area contributed by atoms with Crippen LogP contribution in [0.4, 0.5) is 0 Å². The van der Waals surface area contributed by atoms with Crippen molar-refractivity contribution in [2.75, 3.05) is 0 Å². The summed E-state index contributed by atoms with van der Waals surface area (Å²) in [6, 6.07) is 2.24. The average molecular weight is 246 g/mol. The molecular formula is C14H22N4. The zero-order chi connectivity index (χ0) is 13.7. The van der Waals surface area contributed by atoms with Crippen LogP contribution >= 0.6 is 0 Å². The standard InChI is InChI=1S/C14H22N4/c1-13(2,3)9-8-10(14(4,5)6)12-11(9)15-17-18(7)16-12/h8H,1-7H3. The molecule has 2 rings (SSSR count). The lowest BCUT2D eigenvalue weighted by molar-refractivity contribution is 0.547. The summed E-state index contributed by atoms with van der Waals surface area (Å²) in [4.78, 5) is 1.53. The van der Waals surface area contributed by atoms with Gasteiger partial charge in [-0.2, -0.15) is 9.90 Å². The third-order valence-corrected chi connectivity index (χ3v) is 3.16. The molecule has 2 aliphatic rings. The van der Waals surface area contributed by atoms with Crippen molar-refractivity contribution in [3.8, 4) is 11.4 Å². The first-order chi connectivity index (χ1) is 8.10. The number of nitrogens with zero attached hydrogens (tertiary/aromatic N) is 4. The number of aryl methyl sites for hydroxylation is 1. The van der Waals surface area contributed by atoms with E-state index in [2.05, 4.69) is 63.0 Å². The van der Waals surface area contributed by atoms with E-state index in [1.54, 1.807) is 0 Å². The van der Waals surface area contributed by atoms with E-state index in [1.165, 1.54) is 15.9 Å². The van der Waals surface area contributed by atoms with Crippen molar-refractivity contribution < 1.29 is 0 Å². The molecule has 4 nitrogen and oxygen atoms in total. The summed E-state index contributed by atoms with van der Waals surface area (Å²) >= 11 is 0. The molecule has 0 bridgehead atoms. The van der Waals surface area contributed by atoms with Gasteiger partial charge in [0.2, 0.25) is 0 Å². The number of hydrogen-bond donors (Lipinski definition) is 0. The molecule has 1 aliphatic heterocycles. The lowest BCUT2D eigenvalue weighted by Crippen LogP contribution is -2.15. The Morgan fingerprint density at radius 3 is 1.89 bits per heavy atom. The smallest absolute Gasteiger partial charge is 0.119 e. The summed E-state index contributed by atoms with van der Waals surface area (Å²) in [7, 11) is 1.81. The highest BCUT2D eigenvalue weighted by Crippen LogP contribution is 2.40. The second kappa shape index (κ2) is 3.77. The topological polar surface area (TPSA) is 43.6 Å². The predicted octanol–water partition coefficient (Wildman–Crippen LogP) is 2.91. The maximum absolute atomic E-state index is 4.52. The average Bonchev–Trinajstić information content (AvgIpc) is 2.54. The normalized spacial score (nSPS) is 13.3. The van der Waals surface area contributed by atoms with E-state index >= 15 is 0 Å². The highest BCUT2D eigenvalue weighted by molar-refractivity contribution is 5.70. The Bertz CT molecular complexity index is 540. The lowest BCUT2D eigenvalue weighted by atomic mass is 9.86. The van der Waals surface area contributed by atoms with E-state index in [-0.39, 0.29) is 10.8 Å². The molecule has 0 fully saturated rings. The van der Waals surface area contributed by atoms with Crippen molar-refractivity contribution in [3.05, 3.63) is 17.2 Å². The van der Waals surface area contributed by atoms with Crippen LogP contribution in [0.15, 0.2) is 6.07 Å². The van der Waals surface area contributed by atoms with Gasteiger partial charge in [0, 0.05) is 0 Å². The Hall–Kier alpha value is -1.45. The van der Waals surface area contributed by atoms with E-state index in [1.807, 2.05) is 7.05 Å². The Kier molecular flexibility index (Phi) is 2.72. The third kappa shape index (κ3) is 2.11. The first kappa shape index (κ1) is 13.0. The van der Waals surface area contributed by atoms with Crippen molar-refractivity contribution in [2.45, 2.75) is 52.4 Å². The van der Waals surface area contributed by atoms with E-state index in [9.17, 15) is 0 Å². The van der Waals surface area contributed by atoms with Gasteiger partial charge in [-0.15, -0.1) is 5.10 Å². The van der Waals surface area contributed by atoms with Crippen LogP contribution in [0.5, 0.6) is 0 Å². The maximum Gasteiger partial charge on any atom is 0.119 e. The van der Waals surface area contributed by atoms with E-state index in [0.717, 1.165) is 11.4 Å². The van der Waals surface area contributed by atoms with Crippen molar-refractivity contribution in [3.63, 3.8) is 0 Å². The lowest BCUT2D eigenvalue weighted by Gasteiger charge is -2.18.